The molecule has 27 heavy (non-hydrogen) atoms. The molecule has 0 fully saturated rings. The molecule has 1 N–H and O–H groups in total. The molecule has 0 aliphatic carbocycles. The van der Waals surface area contributed by atoms with Crippen LogP contribution in [0.3, 0.4) is 0 Å². The molecule has 1 aromatic rings. The average Bonchev–Trinajstić information content (AvgIpc) is 2.53. The fraction of sp³-hybridized carbons (Fsp3) is 0.500. The minimum Gasteiger partial charge on any atom is -0.411 e. The Morgan fingerprint density at radius 1 is 1.07 bits per heavy atom. The zero-order valence-corrected chi connectivity index (χ0v) is 18.9. The maximum Gasteiger partial charge on any atom is 0.415 e. The molecule has 0 radical (unpaired) electrons. The maximum atomic E-state index is 12.6. The van der Waals surface area contributed by atoms with Gasteiger partial charge in [-0.1, -0.05) is 40.6 Å². The number of benzene rings is 1. The summed E-state index contributed by atoms with van der Waals surface area (Å²) in [6.07, 6.45) is 2.55. The molecule has 0 saturated heterocycles. The van der Waals surface area contributed by atoms with E-state index >= 15 is 0 Å². The van der Waals surface area contributed by atoms with Crippen molar-refractivity contribution in [2.75, 3.05) is 0 Å². The van der Waals surface area contributed by atoms with E-state index in [1.165, 1.54) is 0 Å². The molecule has 5 heteroatoms. The van der Waals surface area contributed by atoms with Crippen molar-refractivity contribution in [3.63, 3.8) is 0 Å². The van der Waals surface area contributed by atoms with Crippen molar-refractivity contribution < 1.29 is 14.6 Å². The highest BCUT2D eigenvalue weighted by molar-refractivity contribution is 9.10. The minimum absolute atomic E-state index is 0.0382. The van der Waals surface area contributed by atoms with Gasteiger partial charge in [-0.05, 0) is 71.4 Å². The molecule has 0 spiro atoms. The Morgan fingerprint density at radius 3 is 2.04 bits per heavy atom. The lowest BCUT2D eigenvalue weighted by Crippen LogP contribution is -2.42. The first-order valence-electron chi connectivity index (χ1n) is 9.33. The largest absolute Gasteiger partial charge is 0.415 e. The summed E-state index contributed by atoms with van der Waals surface area (Å²) >= 11 is 3.40. The smallest absolute Gasteiger partial charge is 0.411 e. The number of hydrogen-bond donors (Lipinski definition) is 1. The zero-order valence-electron chi connectivity index (χ0n) is 17.4. The minimum atomic E-state index is -0.691. The highest BCUT2D eigenvalue weighted by Crippen LogP contribution is 2.26. The van der Waals surface area contributed by atoms with Gasteiger partial charge in [-0.3, -0.25) is 0 Å². The first-order chi connectivity index (χ1) is 12.5. The Morgan fingerprint density at radius 2 is 1.59 bits per heavy atom. The number of rotatable bonds is 7. The summed E-state index contributed by atoms with van der Waals surface area (Å²) in [7, 11) is 0. The van der Waals surface area contributed by atoms with E-state index in [0.29, 0.717) is 5.76 Å². The van der Waals surface area contributed by atoms with Crippen molar-refractivity contribution in [1.29, 1.82) is 0 Å². The lowest BCUT2D eigenvalue weighted by molar-refractivity contribution is 0.101. The number of hydrogen-bond acceptors (Lipinski definition) is 3. The summed E-state index contributed by atoms with van der Waals surface area (Å²) in [5.74, 6) is 0.228. The first-order valence-corrected chi connectivity index (χ1v) is 10.1. The molecule has 150 valence electrons. The summed E-state index contributed by atoms with van der Waals surface area (Å²) in [5, 5.41) is 10.7. The van der Waals surface area contributed by atoms with Gasteiger partial charge in [0, 0.05) is 22.5 Å². The topological polar surface area (TPSA) is 49.8 Å². The van der Waals surface area contributed by atoms with Crippen LogP contribution in [0.15, 0.2) is 52.2 Å². The molecule has 2 atom stereocenters. The molecule has 4 nitrogen and oxygen atoms in total. The number of aliphatic hydroxyl groups is 1. The maximum absolute atomic E-state index is 12.6. The van der Waals surface area contributed by atoms with Gasteiger partial charge in [-0.2, -0.15) is 0 Å². The second kappa shape index (κ2) is 10.7. The fourth-order valence-corrected chi connectivity index (χ4v) is 3.15. The van der Waals surface area contributed by atoms with Crippen molar-refractivity contribution in [1.82, 2.24) is 4.90 Å². The number of ether oxygens (including phenoxy) is 1. The van der Waals surface area contributed by atoms with Crippen molar-refractivity contribution in [3.05, 3.63) is 57.8 Å². The fourth-order valence-electron chi connectivity index (χ4n) is 2.88. The van der Waals surface area contributed by atoms with Crippen LogP contribution in [-0.2, 0) is 4.74 Å². The van der Waals surface area contributed by atoms with E-state index in [1.54, 1.807) is 11.0 Å². The van der Waals surface area contributed by atoms with E-state index in [4.69, 9.17) is 4.74 Å². The lowest BCUT2D eigenvalue weighted by atomic mass is 9.96. The van der Waals surface area contributed by atoms with Gasteiger partial charge in [0.1, 0.15) is 5.76 Å². The molecule has 0 bridgehead atoms. The Bertz CT molecular complexity index is 665. The lowest BCUT2D eigenvalue weighted by Gasteiger charge is -2.30. The normalized spacial score (nSPS) is 14.1. The van der Waals surface area contributed by atoms with Crippen LogP contribution in [-0.4, -0.2) is 28.2 Å². The molecule has 0 aromatic heterocycles. The van der Waals surface area contributed by atoms with E-state index in [-0.39, 0.29) is 24.1 Å². The van der Waals surface area contributed by atoms with Gasteiger partial charge in [0.15, 0.2) is 0 Å². The Balaban J connectivity index is 3.05. The van der Waals surface area contributed by atoms with Gasteiger partial charge in [-0.15, -0.1) is 0 Å². The number of allylic oxidation sites excluding steroid dienone is 2. The number of halogens is 1. The van der Waals surface area contributed by atoms with Gasteiger partial charge in [0.2, 0.25) is 0 Å². The second-order valence-corrected chi connectivity index (χ2v) is 8.52. The van der Waals surface area contributed by atoms with Gasteiger partial charge < -0.3 is 14.7 Å². The molecule has 1 rings (SSSR count). The van der Waals surface area contributed by atoms with E-state index < -0.39 is 6.10 Å². The summed E-state index contributed by atoms with van der Waals surface area (Å²) in [5.41, 5.74) is 1.83. The van der Waals surface area contributed by atoms with Crippen LogP contribution >= 0.6 is 15.9 Å². The average molecular weight is 438 g/mol. The first kappa shape index (κ1) is 23.4. The van der Waals surface area contributed by atoms with Crippen LogP contribution in [0.5, 0.6) is 0 Å². The zero-order chi connectivity index (χ0) is 20.7. The van der Waals surface area contributed by atoms with Crippen LogP contribution in [0.25, 0.3) is 0 Å². The van der Waals surface area contributed by atoms with E-state index in [9.17, 15) is 9.90 Å². The van der Waals surface area contributed by atoms with Crippen LogP contribution in [0.4, 0.5) is 4.79 Å². The molecule has 0 aliphatic heterocycles. The van der Waals surface area contributed by atoms with Gasteiger partial charge in [0.25, 0.3) is 0 Å². The standard InChI is InChI=1S/C22H32BrNO3/c1-14(2)12-20(27-22(26)24(15(3)4)16(5)6)13-17(7)21(25)18-8-10-19(23)11-9-18/h8-13,15-17,21,25H,1-7H3/b20-13-. The molecule has 0 saturated carbocycles. The monoisotopic (exact) mass is 437 g/mol. The van der Waals surface area contributed by atoms with Crippen molar-refractivity contribution in [2.24, 2.45) is 5.92 Å². The van der Waals surface area contributed by atoms with Gasteiger partial charge in [0.05, 0.1) is 6.10 Å². The van der Waals surface area contributed by atoms with Crippen molar-refractivity contribution in [3.8, 4) is 0 Å². The van der Waals surface area contributed by atoms with Crippen molar-refractivity contribution in [2.45, 2.75) is 66.7 Å². The number of carbonyl (C=O) groups is 1. The molecule has 1 aromatic carbocycles. The molecular weight excluding hydrogens is 406 g/mol. The number of aliphatic hydroxyl groups excluding tert-OH is 1. The van der Waals surface area contributed by atoms with Gasteiger partial charge in [-0.25, -0.2) is 4.79 Å². The van der Waals surface area contributed by atoms with E-state index in [2.05, 4.69) is 15.9 Å². The highest BCUT2D eigenvalue weighted by atomic mass is 79.9. The Labute approximate surface area is 172 Å². The second-order valence-electron chi connectivity index (χ2n) is 7.61. The van der Waals surface area contributed by atoms with Crippen LogP contribution in [0.2, 0.25) is 0 Å². The molecule has 0 aliphatic rings. The predicted octanol–water partition coefficient (Wildman–Crippen LogP) is 6.22. The van der Waals surface area contributed by atoms with Crippen LogP contribution in [0.1, 0.15) is 60.1 Å². The van der Waals surface area contributed by atoms with Gasteiger partial charge >= 0.3 is 6.09 Å². The van der Waals surface area contributed by atoms with E-state index in [1.807, 2.05) is 78.8 Å². The predicted molar refractivity (Wildman–Crippen MR) is 114 cm³/mol. The SMILES string of the molecule is CC(C)=C/C(=C/C(C)C(O)c1ccc(Br)cc1)OC(=O)N(C(C)C)C(C)C. The summed E-state index contributed by atoms with van der Waals surface area (Å²) in [6.45, 7) is 13.6. The summed E-state index contributed by atoms with van der Waals surface area (Å²) in [6, 6.07) is 7.63. The third-order valence-corrected chi connectivity index (χ3v) is 4.62. The molecule has 1 amide bonds. The number of carbonyl (C=O) groups excluding carboxylic acids is 1. The molecule has 0 heterocycles. The highest BCUT2D eigenvalue weighted by Gasteiger charge is 2.23. The third kappa shape index (κ3) is 7.51. The van der Waals surface area contributed by atoms with Crippen molar-refractivity contribution >= 4 is 22.0 Å². The molecule has 2 unspecified atom stereocenters. The summed E-state index contributed by atoms with van der Waals surface area (Å²) < 4.78 is 6.64. The third-order valence-electron chi connectivity index (χ3n) is 4.10. The van der Waals surface area contributed by atoms with Crippen LogP contribution < -0.4 is 0 Å². The van der Waals surface area contributed by atoms with E-state index in [0.717, 1.165) is 15.6 Å². The quantitative estimate of drug-likeness (QED) is 0.406. The van der Waals surface area contributed by atoms with Crippen LogP contribution in [0, 0.1) is 5.92 Å². The Hall–Kier alpha value is -1.59. The number of nitrogens with zero attached hydrogens (tertiary/aromatic N) is 1. The Kier molecular flexibility index (Phi) is 9.27. The number of amides is 1. The molecular formula is C22H32BrNO3. The summed E-state index contributed by atoms with van der Waals surface area (Å²) in [4.78, 5) is 14.3.